The monoisotopic (exact) mass is 525 g/mol. The zero-order valence-corrected chi connectivity index (χ0v) is 27.1. The maximum Gasteiger partial charge on any atom is 0.0107 e. The van der Waals surface area contributed by atoms with Crippen molar-refractivity contribution in [3.8, 4) is 0 Å². The Labute approximate surface area is 235 Å². The van der Waals surface area contributed by atoms with Gasteiger partial charge in [0.2, 0.25) is 0 Å². The molecule has 4 unspecified atom stereocenters. The molecule has 4 atom stereocenters. The van der Waals surface area contributed by atoms with Crippen molar-refractivity contribution in [1.82, 2.24) is 20.4 Å². The molecule has 4 heteroatoms. The highest BCUT2D eigenvalue weighted by molar-refractivity contribution is 4.78. The number of unbranched alkanes of at least 4 members (excludes halogenated alkanes) is 6. The molecule has 0 aliphatic heterocycles. The fourth-order valence-corrected chi connectivity index (χ4v) is 5.64. The molecule has 0 radical (unpaired) electrons. The summed E-state index contributed by atoms with van der Waals surface area (Å²) in [5, 5.41) is 7.62. The van der Waals surface area contributed by atoms with Crippen molar-refractivity contribution in [3.63, 3.8) is 0 Å². The van der Waals surface area contributed by atoms with E-state index in [1.807, 2.05) is 0 Å². The predicted molar refractivity (Wildman–Crippen MR) is 169 cm³/mol. The van der Waals surface area contributed by atoms with E-state index in [0.717, 1.165) is 11.8 Å². The van der Waals surface area contributed by atoms with E-state index in [9.17, 15) is 0 Å². The predicted octanol–water partition coefficient (Wildman–Crippen LogP) is 7.97. The van der Waals surface area contributed by atoms with Crippen LogP contribution in [0.2, 0.25) is 0 Å². The number of rotatable bonds is 28. The molecule has 0 amide bonds. The van der Waals surface area contributed by atoms with Crippen molar-refractivity contribution in [3.05, 3.63) is 0 Å². The molecule has 4 nitrogen and oxygen atoms in total. The third-order valence-corrected chi connectivity index (χ3v) is 8.78. The summed E-state index contributed by atoms with van der Waals surface area (Å²) in [7, 11) is 0. The molecule has 0 saturated carbocycles. The van der Waals surface area contributed by atoms with E-state index in [-0.39, 0.29) is 0 Å². The maximum absolute atomic E-state index is 3.81. The van der Waals surface area contributed by atoms with Crippen LogP contribution in [0.4, 0.5) is 0 Å². The van der Waals surface area contributed by atoms with Crippen LogP contribution in [0.25, 0.3) is 0 Å². The maximum atomic E-state index is 3.81. The normalized spacial score (nSPS) is 15.4. The Bertz CT molecular complexity index is 402. The third-order valence-electron chi connectivity index (χ3n) is 8.78. The first-order valence-electron chi connectivity index (χ1n) is 16.9. The van der Waals surface area contributed by atoms with Gasteiger partial charge in [0.25, 0.3) is 0 Å². The Morgan fingerprint density at radius 2 is 0.784 bits per heavy atom. The fourth-order valence-electron chi connectivity index (χ4n) is 5.64. The molecule has 0 saturated heterocycles. The minimum Gasteiger partial charge on any atom is -0.316 e. The van der Waals surface area contributed by atoms with E-state index in [0.29, 0.717) is 12.1 Å². The van der Waals surface area contributed by atoms with Crippen LogP contribution < -0.4 is 10.6 Å². The van der Waals surface area contributed by atoms with Crippen LogP contribution in [0.1, 0.15) is 139 Å². The van der Waals surface area contributed by atoms with Gasteiger partial charge in [0.15, 0.2) is 0 Å². The van der Waals surface area contributed by atoms with Gasteiger partial charge in [-0.3, -0.25) is 0 Å². The lowest BCUT2D eigenvalue weighted by molar-refractivity contribution is 0.144. The first-order valence-corrected chi connectivity index (χ1v) is 16.9. The van der Waals surface area contributed by atoms with Crippen LogP contribution in [0.15, 0.2) is 0 Å². The van der Waals surface area contributed by atoms with Gasteiger partial charge < -0.3 is 20.4 Å². The highest BCUT2D eigenvalue weighted by atomic mass is 15.2. The lowest BCUT2D eigenvalue weighted by Crippen LogP contribution is -2.43. The van der Waals surface area contributed by atoms with Crippen molar-refractivity contribution in [2.24, 2.45) is 11.8 Å². The molecule has 0 aromatic rings. The van der Waals surface area contributed by atoms with Gasteiger partial charge in [-0.15, -0.1) is 0 Å². The summed E-state index contributed by atoms with van der Waals surface area (Å²) in [6.07, 6.45) is 17.0. The van der Waals surface area contributed by atoms with Crippen LogP contribution in [0.3, 0.4) is 0 Å². The van der Waals surface area contributed by atoms with Crippen molar-refractivity contribution in [2.45, 2.75) is 151 Å². The van der Waals surface area contributed by atoms with Gasteiger partial charge in [-0.25, -0.2) is 0 Å². The van der Waals surface area contributed by atoms with E-state index in [1.165, 1.54) is 136 Å². The van der Waals surface area contributed by atoms with Crippen molar-refractivity contribution in [2.75, 3.05) is 52.4 Å². The van der Waals surface area contributed by atoms with E-state index in [4.69, 9.17) is 0 Å². The molecule has 0 bridgehead atoms. The first kappa shape index (κ1) is 36.8. The smallest absolute Gasteiger partial charge is 0.0107 e. The zero-order valence-electron chi connectivity index (χ0n) is 27.1. The number of nitrogens with one attached hydrogen (secondary N) is 2. The van der Waals surface area contributed by atoms with Gasteiger partial charge in [-0.2, -0.15) is 0 Å². The molecular formula is C33H72N4. The quantitative estimate of drug-likeness (QED) is 0.102. The summed E-state index contributed by atoms with van der Waals surface area (Å²) in [5.74, 6) is 1.52. The van der Waals surface area contributed by atoms with Gasteiger partial charge in [-0.05, 0) is 117 Å². The largest absolute Gasteiger partial charge is 0.316 e. The second kappa shape index (κ2) is 26.1. The first-order chi connectivity index (χ1) is 18.0. The zero-order chi connectivity index (χ0) is 27.7. The average molecular weight is 525 g/mol. The standard InChI is InChI=1S/C33H72N4/c1-9-15-24-36(25-16-10-2)30(7)32(13-5)28-34-22-20-19-21-23-35-29-33(14-6)31(8)37(26-17-11-3)27-18-12-4/h30-35H,9-29H2,1-8H3. The molecular weight excluding hydrogens is 452 g/mol. The summed E-state index contributed by atoms with van der Waals surface area (Å²) < 4.78 is 0. The highest BCUT2D eigenvalue weighted by Crippen LogP contribution is 2.18. The summed E-state index contributed by atoms with van der Waals surface area (Å²) in [6, 6.07) is 1.38. The number of hydrogen-bond acceptors (Lipinski definition) is 4. The Morgan fingerprint density at radius 3 is 1.05 bits per heavy atom. The molecule has 0 aliphatic rings. The summed E-state index contributed by atoms with van der Waals surface area (Å²) in [5.41, 5.74) is 0. The van der Waals surface area contributed by atoms with Crippen LogP contribution in [-0.4, -0.2) is 74.2 Å². The molecule has 224 valence electrons. The fraction of sp³-hybridized carbons (Fsp3) is 1.00. The molecule has 2 N–H and O–H groups in total. The Kier molecular flexibility index (Phi) is 26.0. The molecule has 0 aliphatic carbocycles. The Balaban J connectivity index is 4.19. The van der Waals surface area contributed by atoms with Crippen LogP contribution in [-0.2, 0) is 0 Å². The summed E-state index contributed by atoms with van der Waals surface area (Å²) >= 11 is 0. The van der Waals surface area contributed by atoms with E-state index in [1.54, 1.807) is 0 Å². The topological polar surface area (TPSA) is 30.5 Å². The number of hydrogen-bond donors (Lipinski definition) is 2. The van der Waals surface area contributed by atoms with Gasteiger partial charge in [-0.1, -0.05) is 86.5 Å². The third kappa shape index (κ3) is 17.9. The van der Waals surface area contributed by atoms with Crippen LogP contribution >= 0.6 is 0 Å². The van der Waals surface area contributed by atoms with E-state index < -0.39 is 0 Å². The van der Waals surface area contributed by atoms with Gasteiger partial charge >= 0.3 is 0 Å². The second-order valence-electron chi connectivity index (χ2n) is 11.8. The highest BCUT2D eigenvalue weighted by Gasteiger charge is 2.22. The second-order valence-corrected chi connectivity index (χ2v) is 11.8. The summed E-state index contributed by atoms with van der Waals surface area (Å²) in [4.78, 5) is 5.54. The lowest BCUT2D eigenvalue weighted by atomic mass is 9.96. The van der Waals surface area contributed by atoms with E-state index >= 15 is 0 Å². The molecule has 0 rings (SSSR count). The van der Waals surface area contributed by atoms with Crippen LogP contribution in [0, 0.1) is 11.8 Å². The average Bonchev–Trinajstić information content (AvgIpc) is 2.91. The Hall–Kier alpha value is -0.160. The van der Waals surface area contributed by atoms with Gasteiger partial charge in [0.05, 0.1) is 0 Å². The van der Waals surface area contributed by atoms with Gasteiger partial charge in [0.1, 0.15) is 0 Å². The van der Waals surface area contributed by atoms with Crippen molar-refractivity contribution in [1.29, 1.82) is 0 Å². The molecule has 0 fully saturated rings. The molecule has 0 heterocycles. The molecule has 0 aromatic heterocycles. The minimum absolute atomic E-state index is 0.688. The minimum atomic E-state index is 0.688. The van der Waals surface area contributed by atoms with Gasteiger partial charge in [0, 0.05) is 12.1 Å². The summed E-state index contributed by atoms with van der Waals surface area (Å²) in [6.45, 7) is 28.8. The van der Waals surface area contributed by atoms with Crippen molar-refractivity contribution < 1.29 is 0 Å². The van der Waals surface area contributed by atoms with Crippen molar-refractivity contribution >= 4 is 0 Å². The number of nitrogens with zero attached hydrogens (tertiary/aromatic N) is 2. The molecule has 0 aromatic carbocycles. The Morgan fingerprint density at radius 1 is 0.459 bits per heavy atom. The molecule has 37 heavy (non-hydrogen) atoms. The van der Waals surface area contributed by atoms with Crippen LogP contribution in [0.5, 0.6) is 0 Å². The van der Waals surface area contributed by atoms with E-state index in [2.05, 4.69) is 75.8 Å². The lowest BCUT2D eigenvalue weighted by Gasteiger charge is -2.35. The molecule has 0 spiro atoms. The SMILES string of the molecule is CCCCN(CCCC)C(C)C(CC)CNCCCCCNCC(CC)C(C)N(CCCC)CCCC.